The number of carbonyl (C=O) groups excluding carboxylic acids is 2. The van der Waals surface area contributed by atoms with Crippen molar-refractivity contribution in [3.8, 4) is 5.75 Å². The number of rotatable bonds is 10. The highest BCUT2D eigenvalue weighted by atomic mass is 35.5. The van der Waals surface area contributed by atoms with Crippen molar-refractivity contribution in [1.29, 1.82) is 0 Å². The van der Waals surface area contributed by atoms with Gasteiger partial charge in [-0.05, 0) is 78.2 Å². The van der Waals surface area contributed by atoms with Crippen LogP contribution in [0, 0.1) is 17.8 Å². The van der Waals surface area contributed by atoms with Gasteiger partial charge in [0.1, 0.15) is 5.75 Å². The lowest BCUT2D eigenvalue weighted by Crippen LogP contribution is -2.36. The predicted molar refractivity (Wildman–Crippen MR) is 158 cm³/mol. The third-order valence-electron chi connectivity index (χ3n) is 8.40. The summed E-state index contributed by atoms with van der Waals surface area (Å²) in [4.78, 5) is 28.6. The van der Waals surface area contributed by atoms with Crippen LogP contribution in [0.25, 0.3) is 6.08 Å². The fourth-order valence-corrected chi connectivity index (χ4v) is 6.85. The Morgan fingerprint density at radius 3 is 2.66 bits per heavy atom. The Hall–Kier alpha value is -2.95. The second-order valence-electron chi connectivity index (χ2n) is 11.0. The number of anilines is 1. The molecule has 41 heavy (non-hydrogen) atoms. The van der Waals surface area contributed by atoms with Gasteiger partial charge in [-0.2, -0.15) is 0 Å². The molecule has 2 aromatic rings. The van der Waals surface area contributed by atoms with Crippen molar-refractivity contribution in [2.24, 2.45) is 17.8 Å². The van der Waals surface area contributed by atoms with Crippen LogP contribution in [0.4, 0.5) is 5.69 Å². The van der Waals surface area contributed by atoms with Crippen LogP contribution in [0.5, 0.6) is 5.75 Å². The van der Waals surface area contributed by atoms with E-state index < -0.39 is 19.0 Å². The molecule has 5 rings (SSSR count). The maximum absolute atomic E-state index is 13.8. The van der Waals surface area contributed by atoms with Crippen molar-refractivity contribution in [1.82, 2.24) is 0 Å². The molecule has 3 N–H and O–H groups in total. The van der Waals surface area contributed by atoms with Gasteiger partial charge in [0.05, 0.1) is 41.9 Å². The van der Waals surface area contributed by atoms with E-state index in [1.165, 1.54) is 28.7 Å². The summed E-state index contributed by atoms with van der Waals surface area (Å²) < 4.78 is 11.9. The molecule has 2 aliphatic heterocycles. The average Bonchev–Trinajstić information content (AvgIpc) is 3.47. The number of ether oxygens (including phenoxy) is 2. The number of fused-ring (bicyclic) bond motifs is 3. The molecule has 10 heteroatoms. The molecule has 0 spiro atoms. The molecule has 2 saturated heterocycles. The zero-order valence-corrected chi connectivity index (χ0v) is 24.0. The van der Waals surface area contributed by atoms with Crippen LogP contribution in [0.3, 0.4) is 0 Å². The van der Waals surface area contributed by atoms with Gasteiger partial charge in [0, 0.05) is 13.0 Å². The minimum atomic E-state index is -1.70. The van der Waals surface area contributed by atoms with E-state index in [2.05, 4.69) is 13.0 Å². The summed E-state index contributed by atoms with van der Waals surface area (Å²) >= 11 is 6.36. The Balaban J connectivity index is 1.39. The van der Waals surface area contributed by atoms with Gasteiger partial charge in [0.15, 0.2) is 0 Å². The number of methoxy groups -OCH3 is 1. The largest absolute Gasteiger partial charge is 0.508 e. The highest BCUT2D eigenvalue weighted by molar-refractivity contribution is 6.58. The van der Waals surface area contributed by atoms with Gasteiger partial charge in [-0.3, -0.25) is 14.5 Å². The minimum Gasteiger partial charge on any atom is -0.508 e. The number of imide groups is 1. The van der Waals surface area contributed by atoms with Crippen molar-refractivity contribution in [3.63, 3.8) is 0 Å². The lowest BCUT2D eigenvalue weighted by atomic mass is 9.69. The molecule has 1 aliphatic carbocycles. The third-order valence-corrected chi connectivity index (χ3v) is 8.72. The summed E-state index contributed by atoms with van der Waals surface area (Å²) in [6.07, 6.45) is 5.67. The van der Waals surface area contributed by atoms with Gasteiger partial charge >= 0.3 is 7.12 Å². The maximum atomic E-state index is 13.8. The molecule has 2 heterocycles. The van der Waals surface area contributed by atoms with Gasteiger partial charge in [0.2, 0.25) is 11.8 Å². The summed E-state index contributed by atoms with van der Waals surface area (Å²) in [5, 5.41) is 29.4. The number of phenolic OH excluding ortho intramolecular Hbond substituents is 1. The van der Waals surface area contributed by atoms with Crippen LogP contribution in [-0.4, -0.2) is 60.5 Å². The van der Waals surface area contributed by atoms with Crippen molar-refractivity contribution in [3.05, 3.63) is 69.8 Å². The number of allylic oxidation sites excluding steroid dienone is 1. The number of hydrogen-bond acceptors (Lipinski definition) is 7. The molecule has 3 aliphatic rings. The van der Waals surface area contributed by atoms with E-state index in [4.69, 9.17) is 21.1 Å². The number of nitrogens with zero attached hydrogens (tertiary/aromatic N) is 1. The molecule has 2 aromatic carbocycles. The Kier molecular flexibility index (Phi) is 9.01. The Morgan fingerprint density at radius 1 is 1.15 bits per heavy atom. The standard InChI is InChI=1S/C31H35BClNO7/c1-3-5-18(12-19-9-10-23(35)15-26(19)33)8-11-27-28-20(16-40-2)13-24-29(25(28)17-41-27)31(37)34(30(24)36)22-7-4-6-21(14-22)32(38)39/h4,6-7,9-10,12,14-15,24-25,27,29,35,38-39H,3,5,8,11,13,16-17H2,1-2H3/b18-12+/t24-,25+,27-,29-/m1/s1. The number of phenols is 1. The van der Waals surface area contributed by atoms with Crippen LogP contribution in [0.15, 0.2) is 59.2 Å². The third kappa shape index (κ3) is 5.87. The zero-order chi connectivity index (χ0) is 29.3. The molecular weight excluding hydrogens is 545 g/mol. The van der Waals surface area contributed by atoms with E-state index in [0.29, 0.717) is 30.3 Å². The first kappa shape index (κ1) is 29.5. The first-order chi connectivity index (χ1) is 19.7. The summed E-state index contributed by atoms with van der Waals surface area (Å²) in [5.41, 5.74) is 4.73. The van der Waals surface area contributed by atoms with Crippen molar-refractivity contribution >= 4 is 47.8 Å². The van der Waals surface area contributed by atoms with E-state index >= 15 is 0 Å². The maximum Gasteiger partial charge on any atom is 0.488 e. The number of amides is 2. The molecule has 0 unspecified atom stereocenters. The monoisotopic (exact) mass is 579 g/mol. The molecule has 0 bridgehead atoms. The van der Waals surface area contributed by atoms with Crippen LogP contribution in [-0.2, 0) is 19.1 Å². The van der Waals surface area contributed by atoms with Crippen LogP contribution in [0.2, 0.25) is 5.02 Å². The first-order valence-electron chi connectivity index (χ1n) is 14.1. The van der Waals surface area contributed by atoms with Crippen LogP contribution >= 0.6 is 11.6 Å². The lowest BCUT2D eigenvalue weighted by Gasteiger charge is -2.31. The molecule has 2 fully saturated rings. The molecular formula is C31H35BClNO7. The quantitative estimate of drug-likeness (QED) is 0.222. The Bertz CT molecular complexity index is 1390. The molecule has 216 valence electrons. The summed E-state index contributed by atoms with van der Waals surface area (Å²) in [6.45, 7) is 2.84. The second-order valence-corrected chi connectivity index (χ2v) is 11.4. The van der Waals surface area contributed by atoms with Gasteiger partial charge in [0.25, 0.3) is 0 Å². The Labute approximate surface area is 245 Å². The fraction of sp³-hybridized carbons (Fsp3) is 0.419. The molecule has 0 saturated carbocycles. The molecule has 4 atom stereocenters. The topological polar surface area (TPSA) is 117 Å². The highest BCUT2D eigenvalue weighted by Crippen LogP contribution is 2.50. The molecule has 0 radical (unpaired) electrons. The number of hydrogen-bond donors (Lipinski definition) is 3. The van der Waals surface area contributed by atoms with E-state index in [1.807, 2.05) is 0 Å². The SMILES string of the molecule is CCC/C(=C\c1ccc(O)cc1Cl)CC[C@H]1OC[C@H]2C1=C(COC)C[C@H]1C(=O)N(c3cccc(B(O)O)c3)C(=O)[C@H]12. The van der Waals surface area contributed by atoms with Crippen molar-refractivity contribution in [2.45, 2.75) is 45.1 Å². The smallest absolute Gasteiger partial charge is 0.488 e. The number of halogens is 1. The first-order valence-corrected chi connectivity index (χ1v) is 14.5. The van der Waals surface area contributed by atoms with Gasteiger partial charge in [-0.15, -0.1) is 0 Å². The average molecular weight is 580 g/mol. The van der Waals surface area contributed by atoms with Gasteiger partial charge in [-0.1, -0.05) is 48.7 Å². The van der Waals surface area contributed by atoms with Gasteiger partial charge < -0.3 is 24.6 Å². The Morgan fingerprint density at radius 2 is 1.95 bits per heavy atom. The van der Waals surface area contributed by atoms with E-state index in [0.717, 1.165) is 42.4 Å². The van der Waals surface area contributed by atoms with E-state index in [-0.39, 0.29) is 35.0 Å². The number of carbonyl (C=O) groups is 2. The number of benzene rings is 2. The lowest BCUT2D eigenvalue weighted by molar-refractivity contribution is -0.122. The summed E-state index contributed by atoms with van der Waals surface area (Å²) in [5.74, 6) is -1.70. The van der Waals surface area contributed by atoms with E-state index in [1.54, 1.807) is 31.4 Å². The fourth-order valence-electron chi connectivity index (χ4n) is 6.62. The van der Waals surface area contributed by atoms with Crippen molar-refractivity contribution in [2.75, 3.05) is 25.2 Å². The molecule has 2 amide bonds. The normalized spacial score (nSPS) is 24.2. The summed E-state index contributed by atoms with van der Waals surface area (Å²) in [7, 11) is -0.0740. The zero-order valence-electron chi connectivity index (χ0n) is 23.3. The highest BCUT2D eigenvalue weighted by Gasteiger charge is 2.57. The van der Waals surface area contributed by atoms with Crippen LogP contribution in [0.1, 0.15) is 44.6 Å². The minimum absolute atomic E-state index is 0.125. The molecule has 0 aromatic heterocycles. The van der Waals surface area contributed by atoms with E-state index in [9.17, 15) is 24.7 Å². The second kappa shape index (κ2) is 12.5. The van der Waals surface area contributed by atoms with Gasteiger partial charge in [-0.25, -0.2) is 0 Å². The molecule has 8 nitrogen and oxygen atoms in total. The van der Waals surface area contributed by atoms with Crippen molar-refractivity contribution < 1.29 is 34.2 Å². The summed E-state index contributed by atoms with van der Waals surface area (Å²) in [6, 6.07) is 11.2. The number of aromatic hydroxyl groups is 1. The predicted octanol–water partition coefficient (Wildman–Crippen LogP) is 3.86. The van der Waals surface area contributed by atoms with Crippen LogP contribution < -0.4 is 10.4 Å².